The van der Waals surface area contributed by atoms with Crippen molar-refractivity contribution in [1.29, 1.82) is 0 Å². The van der Waals surface area contributed by atoms with Crippen molar-refractivity contribution in [1.82, 2.24) is 0 Å². The zero-order chi connectivity index (χ0) is 46.5. The van der Waals surface area contributed by atoms with E-state index in [0.717, 1.165) is 22.1 Å². The summed E-state index contributed by atoms with van der Waals surface area (Å²) in [7, 11) is 0. The molecule has 6 aromatic carbocycles. The number of benzene rings is 6. The van der Waals surface area contributed by atoms with Crippen molar-refractivity contribution in [3.8, 4) is 0 Å². The molecule has 5 aliphatic heterocycles. The monoisotopic (exact) mass is 924 g/mol. The third-order valence-electron chi connectivity index (χ3n) is 14.1. The Morgan fingerprint density at radius 1 is 0.580 bits per heavy atom. The van der Waals surface area contributed by atoms with Crippen LogP contribution in [0.15, 0.2) is 189 Å². The van der Waals surface area contributed by atoms with Crippen molar-refractivity contribution in [2.45, 2.75) is 118 Å². The minimum atomic E-state index is -0.751. The molecule has 69 heavy (non-hydrogen) atoms. The highest BCUT2D eigenvalue weighted by molar-refractivity contribution is 5.84. The first-order valence-corrected chi connectivity index (χ1v) is 24.5. The Morgan fingerprint density at radius 3 is 1.86 bits per heavy atom. The number of hydrogen-bond donors (Lipinski definition) is 1. The summed E-state index contributed by atoms with van der Waals surface area (Å²) in [6, 6.07) is 44.5. The average molecular weight is 925 g/mol. The minimum Gasteiger partial charge on any atom is -0.386 e. The first-order chi connectivity index (χ1) is 34.0. The lowest BCUT2D eigenvalue weighted by Crippen LogP contribution is -2.64. The summed E-state index contributed by atoms with van der Waals surface area (Å²) in [6.45, 7) is 5.48. The second-order valence-electron chi connectivity index (χ2n) is 18.9. The number of ether oxygens (including phenoxy) is 8. The summed E-state index contributed by atoms with van der Waals surface area (Å²) in [5, 5.41) is 17.9. The van der Waals surface area contributed by atoms with E-state index < -0.39 is 48.8 Å². The molecule has 0 unspecified atom stereocenters. The Bertz CT molecular complexity index is 2850. The molecule has 0 aliphatic carbocycles. The molecule has 0 radical (unpaired) electrons. The molecule has 0 amide bonds. The van der Waals surface area contributed by atoms with Crippen LogP contribution in [-0.2, 0) is 57.7 Å². The van der Waals surface area contributed by atoms with Crippen LogP contribution in [0.4, 0.5) is 0 Å². The van der Waals surface area contributed by atoms with E-state index in [2.05, 4.69) is 164 Å². The molecule has 6 aromatic rings. The summed E-state index contributed by atoms with van der Waals surface area (Å²) in [4.78, 5) is 0. The summed E-state index contributed by atoms with van der Waals surface area (Å²) in [5.41, 5.74) is 3.27. The van der Waals surface area contributed by atoms with Crippen LogP contribution < -0.4 is 0 Å². The highest BCUT2D eigenvalue weighted by Crippen LogP contribution is 2.41. The average Bonchev–Trinajstić information content (AvgIpc) is 3.76. The number of aliphatic hydroxyl groups excluding tert-OH is 1. The van der Waals surface area contributed by atoms with E-state index in [4.69, 9.17) is 37.9 Å². The van der Waals surface area contributed by atoms with E-state index in [1.807, 2.05) is 12.2 Å². The number of hydrogen-bond acceptors (Lipinski definition) is 9. The van der Waals surface area contributed by atoms with E-state index in [1.165, 1.54) is 26.9 Å². The van der Waals surface area contributed by atoms with Gasteiger partial charge >= 0.3 is 0 Å². The molecule has 0 saturated carbocycles. The summed E-state index contributed by atoms with van der Waals surface area (Å²) >= 11 is 0. The fourth-order valence-electron chi connectivity index (χ4n) is 10.4. The summed E-state index contributed by atoms with van der Waals surface area (Å²) in [6.07, 6.45) is 14.3. The summed E-state index contributed by atoms with van der Waals surface area (Å²) in [5.74, 6) is 0. The fraction of sp³-hybridized carbons (Fsp3) is 0.333. The van der Waals surface area contributed by atoms with Crippen molar-refractivity contribution in [2.75, 3.05) is 6.61 Å². The zero-order valence-corrected chi connectivity index (χ0v) is 38.7. The Labute approximate surface area is 404 Å². The van der Waals surface area contributed by atoms with Gasteiger partial charge in [-0.25, -0.2) is 0 Å². The van der Waals surface area contributed by atoms with Gasteiger partial charge in [0.05, 0.1) is 69.2 Å². The Kier molecular flexibility index (Phi) is 14.1. The maximum absolute atomic E-state index is 10.8. The van der Waals surface area contributed by atoms with Gasteiger partial charge in [0.25, 0.3) is 0 Å². The van der Waals surface area contributed by atoms with E-state index in [1.54, 1.807) is 12.2 Å². The normalized spacial score (nSPS) is 30.2. The van der Waals surface area contributed by atoms with Gasteiger partial charge in [-0.3, -0.25) is 0 Å². The smallest absolute Gasteiger partial charge is 0.115 e. The second-order valence-corrected chi connectivity index (χ2v) is 18.9. The second kappa shape index (κ2) is 21.2. The van der Waals surface area contributed by atoms with E-state index in [0.29, 0.717) is 45.7 Å². The van der Waals surface area contributed by atoms with Gasteiger partial charge in [0, 0.05) is 6.42 Å². The highest BCUT2D eigenvalue weighted by Gasteiger charge is 2.54. The van der Waals surface area contributed by atoms with Gasteiger partial charge in [-0.2, -0.15) is 0 Å². The van der Waals surface area contributed by atoms with Gasteiger partial charge < -0.3 is 43.0 Å². The van der Waals surface area contributed by atoms with Crippen LogP contribution in [0.1, 0.15) is 36.0 Å². The van der Waals surface area contributed by atoms with E-state index in [-0.39, 0.29) is 30.5 Å². The predicted molar refractivity (Wildman–Crippen MR) is 269 cm³/mol. The maximum atomic E-state index is 10.8. The Hall–Kier alpha value is -5.56. The van der Waals surface area contributed by atoms with Gasteiger partial charge in [0.2, 0.25) is 0 Å². The van der Waals surface area contributed by atoms with Gasteiger partial charge in [0.15, 0.2) is 0 Å². The van der Waals surface area contributed by atoms with Crippen LogP contribution in [0, 0.1) is 0 Å². The third-order valence-corrected chi connectivity index (χ3v) is 14.1. The Balaban J connectivity index is 0.834. The van der Waals surface area contributed by atoms with Crippen LogP contribution >= 0.6 is 0 Å². The molecular weight excluding hydrogens is 865 g/mol. The molecule has 2 fully saturated rings. The zero-order valence-electron chi connectivity index (χ0n) is 38.7. The molecule has 5 aliphatic rings. The molecule has 0 bridgehead atoms. The van der Waals surface area contributed by atoms with E-state index >= 15 is 0 Å². The molecule has 0 spiro atoms. The van der Waals surface area contributed by atoms with Crippen molar-refractivity contribution in [3.05, 3.63) is 205 Å². The first kappa shape index (κ1) is 45.9. The number of fused-ring (bicyclic) bond motifs is 7. The number of rotatable bonds is 14. The van der Waals surface area contributed by atoms with Crippen molar-refractivity contribution >= 4 is 32.3 Å². The largest absolute Gasteiger partial charge is 0.386 e. The fourth-order valence-corrected chi connectivity index (χ4v) is 10.4. The van der Waals surface area contributed by atoms with Gasteiger partial charge in [-0.15, -0.1) is 6.58 Å². The molecule has 11 rings (SSSR count). The summed E-state index contributed by atoms with van der Waals surface area (Å²) < 4.78 is 54.4. The van der Waals surface area contributed by atoms with Crippen LogP contribution in [-0.4, -0.2) is 91.1 Å². The van der Waals surface area contributed by atoms with Crippen LogP contribution in [0.2, 0.25) is 0 Å². The third kappa shape index (κ3) is 10.6. The van der Waals surface area contributed by atoms with Crippen LogP contribution in [0.5, 0.6) is 0 Å². The standard InChI is InChI=1S/C60H60O9/c1-2-10-51-50(61)27-28-52-53(66-51)29-30-54-56(67-52)34-57-59(69-54)60(64-37-41-21-24-44-13-5-8-16-47(44)33-41)58-55(68-57)18-9-17-48(65-58)25-26-49(63-36-40-20-23-43-12-4-7-15-46(43)32-40)38-62-35-39-19-22-42-11-3-6-14-45(42)31-39/h2-9,11-17,19-33,48-61H,1,10,18,34-38H2/b26-25+/t48-,49+,50+,51-,52-,53+,54-,55+,56+,57-,58+,59-,60-/m1/s1. The molecule has 13 atom stereocenters. The topological polar surface area (TPSA) is 94.1 Å². The predicted octanol–water partition coefficient (Wildman–Crippen LogP) is 10.6. The van der Waals surface area contributed by atoms with Crippen molar-refractivity contribution in [2.24, 2.45) is 0 Å². The van der Waals surface area contributed by atoms with Crippen LogP contribution in [0.3, 0.4) is 0 Å². The molecule has 9 heteroatoms. The van der Waals surface area contributed by atoms with E-state index in [9.17, 15) is 5.11 Å². The van der Waals surface area contributed by atoms with Gasteiger partial charge in [-0.05, 0) is 80.0 Å². The van der Waals surface area contributed by atoms with Gasteiger partial charge in [0.1, 0.15) is 36.6 Å². The molecule has 5 heterocycles. The molecule has 1 N–H and O–H groups in total. The molecule has 354 valence electrons. The molecule has 9 nitrogen and oxygen atoms in total. The molecular formula is C60H60O9. The lowest BCUT2D eigenvalue weighted by molar-refractivity contribution is -0.297. The van der Waals surface area contributed by atoms with Gasteiger partial charge in [-0.1, -0.05) is 164 Å². The highest BCUT2D eigenvalue weighted by atomic mass is 16.6. The lowest BCUT2D eigenvalue weighted by atomic mass is 9.87. The molecule has 2 saturated heterocycles. The Morgan fingerprint density at radius 2 is 1.17 bits per heavy atom. The SMILES string of the molecule is C=CC[C@H]1O[C@H]2C=C[C@H]3O[C@H]4[C@H](OCc5ccc6ccccc6c5)[C@H]5O[C@@H](/C=C/[C@@H](COCc6ccc7ccccc7c6)OCc6ccc7ccccc7c6)C=CC[C@@H]5O[C@@H]4C[C@@H]3O[C@@H]2C=C[C@@H]1O. The maximum Gasteiger partial charge on any atom is 0.115 e. The quantitative estimate of drug-likeness (QED) is 0.107. The minimum absolute atomic E-state index is 0.294. The molecule has 0 aromatic heterocycles. The van der Waals surface area contributed by atoms with Crippen molar-refractivity contribution < 1.29 is 43.0 Å². The number of aliphatic hydroxyl groups is 1. The van der Waals surface area contributed by atoms with Crippen molar-refractivity contribution in [3.63, 3.8) is 0 Å². The first-order valence-electron chi connectivity index (χ1n) is 24.5. The van der Waals surface area contributed by atoms with Crippen LogP contribution in [0.25, 0.3) is 32.3 Å². The lowest BCUT2D eigenvalue weighted by Gasteiger charge is -2.51.